The third-order valence-corrected chi connectivity index (χ3v) is 4.55. The van der Waals surface area contributed by atoms with Crippen LogP contribution in [0.4, 0.5) is 10.5 Å². The molecule has 1 fully saturated rings. The molecule has 0 saturated carbocycles. The summed E-state index contributed by atoms with van der Waals surface area (Å²) in [5.41, 5.74) is 8.31. The lowest BCUT2D eigenvalue weighted by Crippen LogP contribution is -2.45. The second-order valence-electron chi connectivity index (χ2n) is 6.50. The fraction of sp³-hybridized carbons (Fsp3) is 0.250. The van der Waals surface area contributed by atoms with Gasteiger partial charge in [0.05, 0.1) is 0 Å². The molecule has 1 saturated heterocycles. The zero-order chi connectivity index (χ0) is 19.4. The molecule has 3 rings (SSSR count). The molecule has 140 valence electrons. The van der Waals surface area contributed by atoms with Gasteiger partial charge in [0, 0.05) is 30.8 Å². The molecule has 7 nitrogen and oxygen atoms in total. The number of hydrogen-bond acceptors (Lipinski definition) is 3. The average Bonchev–Trinajstić information content (AvgIpc) is 3.08. The molecule has 0 aromatic heterocycles. The van der Waals surface area contributed by atoms with Crippen LogP contribution in [0.15, 0.2) is 48.5 Å². The van der Waals surface area contributed by atoms with Gasteiger partial charge in [-0.2, -0.15) is 0 Å². The minimum Gasteiger partial charge on any atom is -0.368 e. The number of rotatable bonds is 6. The number of nitrogens with two attached hydrogens (primary N) is 1. The van der Waals surface area contributed by atoms with Crippen molar-refractivity contribution in [2.45, 2.75) is 19.4 Å². The minimum absolute atomic E-state index is 0.185. The highest BCUT2D eigenvalue weighted by Gasteiger charge is 2.24. The van der Waals surface area contributed by atoms with E-state index in [9.17, 15) is 14.4 Å². The number of urea groups is 1. The smallest absolute Gasteiger partial charge is 0.322 e. The van der Waals surface area contributed by atoms with Crippen molar-refractivity contribution in [3.63, 3.8) is 0 Å². The van der Waals surface area contributed by atoms with Crippen molar-refractivity contribution in [2.75, 3.05) is 18.0 Å². The van der Waals surface area contributed by atoms with Gasteiger partial charge in [-0.05, 0) is 30.2 Å². The second-order valence-corrected chi connectivity index (χ2v) is 6.50. The van der Waals surface area contributed by atoms with Gasteiger partial charge in [0.1, 0.15) is 6.04 Å². The molecule has 0 spiro atoms. The van der Waals surface area contributed by atoms with Gasteiger partial charge in [-0.15, -0.1) is 0 Å². The molecule has 7 heteroatoms. The fourth-order valence-electron chi connectivity index (χ4n) is 3.06. The Morgan fingerprint density at radius 1 is 1.22 bits per heavy atom. The van der Waals surface area contributed by atoms with Gasteiger partial charge in [-0.3, -0.25) is 14.5 Å². The molecule has 1 heterocycles. The summed E-state index contributed by atoms with van der Waals surface area (Å²) in [6.07, 6.45) is 0.315. The maximum absolute atomic E-state index is 12.7. The lowest BCUT2D eigenvalue weighted by Gasteiger charge is -2.19. The normalized spacial score (nSPS) is 14.6. The molecule has 0 bridgehead atoms. The largest absolute Gasteiger partial charge is 0.368 e. The van der Waals surface area contributed by atoms with Gasteiger partial charge in [0.2, 0.25) is 5.91 Å². The zero-order valence-corrected chi connectivity index (χ0v) is 15.1. The third kappa shape index (κ3) is 4.25. The Morgan fingerprint density at radius 2 is 1.96 bits per heavy atom. The van der Waals surface area contributed by atoms with Crippen molar-refractivity contribution < 1.29 is 14.4 Å². The van der Waals surface area contributed by atoms with Gasteiger partial charge in [0.15, 0.2) is 0 Å². The maximum Gasteiger partial charge on any atom is 0.322 e. The highest BCUT2D eigenvalue weighted by Crippen LogP contribution is 2.23. The van der Waals surface area contributed by atoms with Crippen LogP contribution in [0.1, 0.15) is 21.5 Å². The van der Waals surface area contributed by atoms with Gasteiger partial charge in [0.25, 0.3) is 5.91 Å². The van der Waals surface area contributed by atoms with E-state index in [0.29, 0.717) is 30.8 Å². The Morgan fingerprint density at radius 3 is 2.59 bits per heavy atom. The number of anilines is 1. The van der Waals surface area contributed by atoms with E-state index >= 15 is 0 Å². The summed E-state index contributed by atoms with van der Waals surface area (Å²) in [6.45, 7) is 2.99. The van der Waals surface area contributed by atoms with Crippen molar-refractivity contribution in [3.05, 3.63) is 65.2 Å². The SMILES string of the molecule is Cc1ccc(C(=O)N[C@@H](Cc2ccccc2)C(N)=O)cc1N1CCNC1=O. The van der Waals surface area contributed by atoms with E-state index < -0.39 is 17.9 Å². The van der Waals surface area contributed by atoms with Crippen LogP contribution in [0.3, 0.4) is 0 Å². The van der Waals surface area contributed by atoms with E-state index in [1.165, 1.54) is 0 Å². The van der Waals surface area contributed by atoms with E-state index in [1.54, 1.807) is 23.1 Å². The van der Waals surface area contributed by atoms with Crippen molar-refractivity contribution in [1.29, 1.82) is 0 Å². The quantitative estimate of drug-likeness (QED) is 0.719. The Bertz CT molecular complexity index is 867. The van der Waals surface area contributed by atoms with Crippen LogP contribution < -0.4 is 21.3 Å². The first-order valence-electron chi connectivity index (χ1n) is 8.76. The first-order chi connectivity index (χ1) is 13.0. The Balaban J connectivity index is 1.78. The van der Waals surface area contributed by atoms with Crippen LogP contribution in [-0.4, -0.2) is 37.0 Å². The number of nitrogens with one attached hydrogen (secondary N) is 2. The zero-order valence-electron chi connectivity index (χ0n) is 15.1. The molecule has 27 heavy (non-hydrogen) atoms. The van der Waals surface area contributed by atoms with Gasteiger partial charge in [-0.25, -0.2) is 4.79 Å². The predicted octanol–water partition coefficient (Wildman–Crippen LogP) is 1.35. The van der Waals surface area contributed by atoms with E-state index in [4.69, 9.17) is 5.73 Å². The molecule has 1 atom stereocenters. The fourth-order valence-corrected chi connectivity index (χ4v) is 3.06. The summed E-state index contributed by atoms with van der Waals surface area (Å²) in [5.74, 6) is -1.01. The van der Waals surface area contributed by atoms with Crippen molar-refractivity contribution in [3.8, 4) is 0 Å². The molecule has 0 radical (unpaired) electrons. The minimum atomic E-state index is -0.820. The van der Waals surface area contributed by atoms with Crippen LogP contribution in [0.25, 0.3) is 0 Å². The summed E-state index contributed by atoms with van der Waals surface area (Å²) in [6, 6.07) is 13.5. The molecular weight excluding hydrogens is 344 g/mol. The molecule has 4 N–H and O–H groups in total. The third-order valence-electron chi connectivity index (χ3n) is 4.55. The monoisotopic (exact) mass is 366 g/mol. The lowest BCUT2D eigenvalue weighted by atomic mass is 10.0. The van der Waals surface area contributed by atoms with Crippen LogP contribution >= 0.6 is 0 Å². The van der Waals surface area contributed by atoms with E-state index in [1.807, 2.05) is 37.3 Å². The maximum atomic E-state index is 12.7. The van der Waals surface area contributed by atoms with E-state index in [-0.39, 0.29) is 6.03 Å². The number of nitrogens with zero attached hydrogens (tertiary/aromatic N) is 1. The van der Waals surface area contributed by atoms with Crippen molar-refractivity contribution in [1.82, 2.24) is 10.6 Å². The number of amides is 4. The van der Waals surface area contributed by atoms with Crippen LogP contribution in [0, 0.1) is 6.92 Å². The first kappa shape index (κ1) is 18.4. The molecule has 4 amide bonds. The summed E-state index contributed by atoms with van der Waals surface area (Å²) in [7, 11) is 0. The molecule has 1 aliphatic rings. The van der Waals surface area contributed by atoms with Gasteiger partial charge < -0.3 is 16.4 Å². The van der Waals surface area contributed by atoms with E-state index in [0.717, 1.165) is 11.1 Å². The Hall–Kier alpha value is -3.35. The molecule has 0 unspecified atom stereocenters. The molecular formula is C20H22N4O3. The topological polar surface area (TPSA) is 105 Å². The summed E-state index contributed by atoms with van der Waals surface area (Å²) < 4.78 is 0. The number of carbonyl (C=O) groups excluding carboxylic acids is 3. The molecule has 2 aromatic carbocycles. The standard InChI is InChI=1S/C20H22N4O3/c1-13-7-8-15(12-17(13)24-10-9-22-20(24)27)19(26)23-16(18(21)25)11-14-5-3-2-4-6-14/h2-8,12,16H,9-11H2,1H3,(H2,21,25)(H,22,27)(H,23,26)/t16-/m0/s1. The highest BCUT2D eigenvalue weighted by atomic mass is 16.2. The molecule has 0 aliphatic carbocycles. The van der Waals surface area contributed by atoms with Crippen LogP contribution in [0.2, 0.25) is 0 Å². The number of hydrogen-bond donors (Lipinski definition) is 3. The Labute approximate surface area is 157 Å². The average molecular weight is 366 g/mol. The van der Waals surface area contributed by atoms with E-state index in [2.05, 4.69) is 10.6 Å². The second kappa shape index (κ2) is 7.90. The van der Waals surface area contributed by atoms with Gasteiger partial charge in [-0.1, -0.05) is 36.4 Å². The number of aryl methyl sites for hydroxylation is 1. The van der Waals surface area contributed by atoms with Crippen molar-refractivity contribution >= 4 is 23.5 Å². The predicted molar refractivity (Wildman–Crippen MR) is 103 cm³/mol. The number of primary amides is 1. The lowest BCUT2D eigenvalue weighted by molar-refractivity contribution is -0.119. The highest BCUT2D eigenvalue weighted by molar-refractivity contribution is 6.00. The van der Waals surface area contributed by atoms with Crippen LogP contribution in [-0.2, 0) is 11.2 Å². The summed E-state index contributed by atoms with van der Waals surface area (Å²) in [4.78, 5) is 38.0. The first-order valence-corrected chi connectivity index (χ1v) is 8.76. The van der Waals surface area contributed by atoms with Gasteiger partial charge >= 0.3 is 6.03 Å². The Kier molecular flexibility index (Phi) is 5.40. The molecule has 2 aromatic rings. The van der Waals surface area contributed by atoms with Crippen molar-refractivity contribution in [2.24, 2.45) is 5.73 Å². The summed E-state index contributed by atoms with van der Waals surface area (Å²) >= 11 is 0. The summed E-state index contributed by atoms with van der Waals surface area (Å²) in [5, 5.41) is 5.44. The van der Waals surface area contributed by atoms with Crippen LogP contribution in [0.5, 0.6) is 0 Å². The molecule has 1 aliphatic heterocycles. The number of benzene rings is 2. The number of carbonyl (C=O) groups is 3.